The zero-order valence-corrected chi connectivity index (χ0v) is 11.1. The number of carbonyl (C=O) groups is 1. The minimum atomic E-state index is -0.443. The molecule has 3 heteroatoms. The second-order valence-corrected chi connectivity index (χ2v) is 4.43. The van der Waals surface area contributed by atoms with Gasteiger partial charge in [-0.2, -0.15) is 0 Å². The minimum absolute atomic E-state index is 0.0857. The molecule has 0 saturated carbocycles. The van der Waals surface area contributed by atoms with Crippen LogP contribution >= 0.6 is 0 Å². The van der Waals surface area contributed by atoms with Crippen LogP contribution in [-0.2, 0) is 0 Å². The molecule has 0 saturated heterocycles. The van der Waals surface area contributed by atoms with Crippen LogP contribution in [0.5, 0.6) is 5.75 Å². The maximum absolute atomic E-state index is 11.8. The normalized spacial score (nSPS) is 11.7. The largest absolute Gasteiger partial charge is 0.413 e. The third-order valence-electron chi connectivity index (χ3n) is 2.94. The van der Waals surface area contributed by atoms with E-state index in [9.17, 15) is 4.79 Å². The SMILES string of the molecule is Cc1ccccc1[C@@H](C)NC(=O)Oc1ccccc1. The summed E-state index contributed by atoms with van der Waals surface area (Å²) in [5.41, 5.74) is 2.24. The standard InChI is InChI=1S/C16H17NO2/c1-12-8-6-7-11-15(12)13(2)17-16(18)19-14-9-4-3-5-10-14/h3-11,13H,1-2H3,(H,17,18)/t13-/m1/s1. The highest BCUT2D eigenvalue weighted by atomic mass is 16.6. The fourth-order valence-electron chi connectivity index (χ4n) is 1.95. The Balaban J connectivity index is 1.98. The lowest BCUT2D eigenvalue weighted by Crippen LogP contribution is -2.29. The summed E-state index contributed by atoms with van der Waals surface area (Å²) in [5, 5.41) is 2.82. The van der Waals surface area contributed by atoms with Gasteiger partial charge in [0.1, 0.15) is 5.75 Å². The molecule has 0 aliphatic heterocycles. The van der Waals surface area contributed by atoms with E-state index >= 15 is 0 Å². The predicted octanol–water partition coefficient (Wildman–Crippen LogP) is 3.84. The number of rotatable bonds is 3. The second-order valence-electron chi connectivity index (χ2n) is 4.43. The van der Waals surface area contributed by atoms with Gasteiger partial charge in [0.25, 0.3) is 0 Å². The zero-order chi connectivity index (χ0) is 13.7. The number of para-hydroxylation sites is 1. The summed E-state index contributed by atoms with van der Waals surface area (Å²) < 4.78 is 5.20. The van der Waals surface area contributed by atoms with Crippen molar-refractivity contribution in [2.45, 2.75) is 19.9 Å². The Morgan fingerprint density at radius 3 is 2.37 bits per heavy atom. The van der Waals surface area contributed by atoms with Crippen molar-refractivity contribution < 1.29 is 9.53 Å². The third kappa shape index (κ3) is 3.58. The monoisotopic (exact) mass is 255 g/mol. The summed E-state index contributed by atoms with van der Waals surface area (Å²) in [6.45, 7) is 3.96. The van der Waals surface area contributed by atoms with Crippen molar-refractivity contribution in [3.05, 3.63) is 65.7 Å². The maximum atomic E-state index is 11.8. The molecule has 19 heavy (non-hydrogen) atoms. The highest BCUT2D eigenvalue weighted by Crippen LogP contribution is 2.17. The van der Waals surface area contributed by atoms with Crippen molar-refractivity contribution in [1.29, 1.82) is 0 Å². The van der Waals surface area contributed by atoms with Gasteiger partial charge in [0, 0.05) is 0 Å². The van der Waals surface area contributed by atoms with E-state index in [0.29, 0.717) is 5.75 Å². The lowest BCUT2D eigenvalue weighted by Gasteiger charge is -2.16. The van der Waals surface area contributed by atoms with E-state index in [1.165, 1.54) is 0 Å². The van der Waals surface area contributed by atoms with E-state index in [1.807, 2.05) is 56.3 Å². The fourth-order valence-corrected chi connectivity index (χ4v) is 1.95. The van der Waals surface area contributed by atoms with Gasteiger partial charge in [-0.1, -0.05) is 42.5 Å². The smallest absolute Gasteiger partial charge is 0.410 e. The van der Waals surface area contributed by atoms with E-state index < -0.39 is 6.09 Å². The Bertz CT molecular complexity index is 552. The van der Waals surface area contributed by atoms with E-state index in [2.05, 4.69) is 5.32 Å². The van der Waals surface area contributed by atoms with Crippen molar-refractivity contribution in [3.63, 3.8) is 0 Å². The molecule has 0 aliphatic rings. The van der Waals surface area contributed by atoms with Crippen molar-refractivity contribution in [2.75, 3.05) is 0 Å². The van der Waals surface area contributed by atoms with Crippen LogP contribution in [0.4, 0.5) is 4.79 Å². The molecule has 0 radical (unpaired) electrons. The predicted molar refractivity (Wildman–Crippen MR) is 75.2 cm³/mol. The summed E-state index contributed by atoms with van der Waals surface area (Å²) in [7, 11) is 0. The first-order valence-electron chi connectivity index (χ1n) is 6.26. The molecule has 3 nitrogen and oxygen atoms in total. The molecule has 98 valence electrons. The third-order valence-corrected chi connectivity index (χ3v) is 2.94. The average Bonchev–Trinajstić information content (AvgIpc) is 2.40. The van der Waals surface area contributed by atoms with E-state index in [4.69, 9.17) is 4.74 Å². The number of aryl methyl sites for hydroxylation is 1. The van der Waals surface area contributed by atoms with Crippen LogP contribution in [0.2, 0.25) is 0 Å². The molecule has 0 bridgehead atoms. The molecular formula is C16H17NO2. The lowest BCUT2D eigenvalue weighted by molar-refractivity contribution is 0.197. The Morgan fingerprint density at radius 1 is 1.05 bits per heavy atom. The first kappa shape index (κ1) is 13.1. The van der Waals surface area contributed by atoms with Gasteiger partial charge in [0.15, 0.2) is 0 Å². The zero-order valence-electron chi connectivity index (χ0n) is 11.1. The molecule has 1 amide bonds. The topological polar surface area (TPSA) is 38.3 Å². The molecule has 0 aromatic heterocycles. The van der Waals surface area contributed by atoms with Crippen molar-refractivity contribution in [3.8, 4) is 5.75 Å². The van der Waals surface area contributed by atoms with Gasteiger partial charge in [-0.05, 0) is 37.1 Å². The fraction of sp³-hybridized carbons (Fsp3) is 0.188. The van der Waals surface area contributed by atoms with Gasteiger partial charge < -0.3 is 10.1 Å². The first-order valence-corrected chi connectivity index (χ1v) is 6.26. The van der Waals surface area contributed by atoms with Gasteiger partial charge in [-0.3, -0.25) is 0 Å². The van der Waals surface area contributed by atoms with Gasteiger partial charge in [0.05, 0.1) is 6.04 Å². The Morgan fingerprint density at radius 2 is 1.68 bits per heavy atom. The molecule has 1 atom stereocenters. The van der Waals surface area contributed by atoms with Crippen LogP contribution in [-0.4, -0.2) is 6.09 Å². The van der Waals surface area contributed by atoms with Gasteiger partial charge >= 0.3 is 6.09 Å². The van der Waals surface area contributed by atoms with Gasteiger partial charge in [-0.15, -0.1) is 0 Å². The number of carbonyl (C=O) groups excluding carboxylic acids is 1. The minimum Gasteiger partial charge on any atom is -0.410 e. The molecule has 0 fully saturated rings. The highest BCUT2D eigenvalue weighted by molar-refractivity contribution is 5.70. The van der Waals surface area contributed by atoms with Crippen molar-refractivity contribution in [1.82, 2.24) is 5.32 Å². The molecule has 2 rings (SSSR count). The van der Waals surface area contributed by atoms with Gasteiger partial charge in [-0.25, -0.2) is 4.79 Å². The molecule has 2 aromatic rings. The maximum Gasteiger partial charge on any atom is 0.413 e. The van der Waals surface area contributed by atoms with Crippen LogP contribution in [0, 0.1) is 6.92 Å². The van der Waals surface area contributed by atoms with Crippen molar-refractivity contribution in [2.24, 2.45) is 0 Å². The van der Waals surface area contributed by atoms with Crippen LogP contribution in [0.25, 0.3) is 0 Å². The molecule has 0 unspecified atom stereocenters. The second kappa shape index (κ2) is 6.05. The van der Waals surface area contributed by atoms with Crippen LogP contribution in [0.15, 0.2) is 54.6 Å². The Kier molecular flexibility index (Phi) is 4.18. The summed E-state index contributed by atoms with van der Waals surface area (Å²) in [4.78, 5) is 11.8. The Hall–Kier alpha value is -2.29. The number of benzene rings is 2. The van der Waals surface area contributed by atoms with E-state index in [1.54, 1.807) is 12.1 Å². The van der Waals surface area contributed by atoms with Crippen molar-refractivity contribution >= 4 is 6.09 Å². The number of nitrogens with one attached hydrogen (secondary N) is 1. The Labute approximate surface area is 113 Å². The quantitative estimate of drug-likeness (QED) is 0.904. The number of hydrogen-bond donors (Lipinski definition) is 1. The molecule has 2 aromatic carbocycles. The first-order chi connectivity index (χ1) is 9.16. The van der Waals surface area contributed by atoms with E-state index in [0.717, 1.165) is 11.1 Å². The molecule has 0 spiro atoms. The number of hydrogen-bond acceptors (Lipinski definition) is 2. The summed E-state index contributed by atoms with van der Waals surface area (Å²) in [6, 6.07) is 16.9. The summed E-state index contributed by atoms with van der Waals surface area (Å²) in [6.07, 6.45) is -0.443. The van der Waals surface area contributed by atoms with Crippen LogP contribution in [0.3, 0.4) is 0 Å². The summed E-state index contributed by atoms with van der Waals surface area (Å²) in [5.74, 6) is 0.539. The van der Waals surface area contributed by atoms with Crippen LogP contribution < -0.4 is 10.1 Å². The van der Waals surface area contributed by atoms with Crippen LogP contribution in [0.1, 0.15) is 24.1 Å². The summed E-state index contributed by atoms with van der Waals surface area (Å²) >= 11 is 0. The number of ether oxygens (including phenoxy) is 1. The molecule has 0 heterocycles. The average molecular weight is 255 g/mol. The molecular weight excluding hydrogens is 238 g/mol. The molecule has 0 aliphatic carbocycles. The van der Waals surface area contributed by atoms with E-state index in [-0.39, 0.29) is 6.04 Å². The highest BCUT2D eigenvalue weighted by Gasteiger charge is 2.12. The lowest BCUT2D eigenvalue weighted by atomic mass is 10.0. The van der Waals surface area contributed by atoms with Gasteiger partial charge in [0.2, 0.25) is 0 Å². The number of amides is 1. The molecule has 1 N–H and O–H groups in total.